The number of benzene rings is 1. The SMILES string of the molecule is C=C(C)/C=C(\C)C(F)(F)F.C=C(C)COC(=O)C1(C)CCCCCC1.CCC(C)=O.Cc1cc(C)c(Cl)cc1F. The van der Waals surface area contributed by atoms with E-state index in [0.29, 0.717) is 29.2 Å². The van der Waals surface area contributed by atoms with Gasteiger partial charge in [-0.1, -0.05) is 75.1 Å². The van der Waals surface area contributed by atoms with Crippen molar-refractivity contribution in [1.82, 2.24) is 0 Å². The Morgan fingerprint density at radius 1 is 1.00 bits per heavy atom. The Labute approximate surface area is 243 Å². The van der Waals surface area contributed by atoms with Crippen LogP contribution in [-0.4, -0.2) is 24.5 Å². The van der Waals surface area contributed by atoms with E-state index in [2.05, 4.69) is 13.2 Å². The molecule has 0 spiro atoms. The molecule has 0 bridgehead atoms. The smallest absolute Gasteiger partial charge is 0.412 e. The van der Waals surface area contributed by atoms with Crippen molar-refractivity contribution in [3.8, 4) is 0 Å². The zero-order valence-corrected chi connectivity index (χ0v) is 26.2. The zero-order valence-electron chi connectivity index (χ0n) is 25.4. The second-order valence-corrected chi connectivity index (χ2v) is 11.0. The van der Waals surface area contributed by atoms with E-state index < -0.39 is 11.7 Å². The van der Waals surface area contributed by atoms with Gasteiger partial charge in [-0.25, -0.2) is 4.39 Å². The minimum Gasteiger partial charge on any atom is -0.461 e. The van der Waals surface area contributed by atoms with Crippen LogP contribution in [0.5, 0.6) is 0 Å². The van der Waals surface area contributed by atoms with Crippen LogP contribution in [0.15, 0.2) is 48.1 Å². The lowest BCUT2D eigenvalue weighted by Gasteiger charge is -2.25. The molecule has 1 fully saturated rings. The maximum atomic E-state index is 12.7. The third-order valence-electron chi connectivity index (χ3n) is 6.00. The molecule has 2 rings (SSSR count). The summed E-state index contributed by atoms with van der Waals surface area (Å²) in [4.78, 5) is 21.7. The van der Waals surface area contributed by atoms with Crippen LogP contribution in [0.1, 0.15) is 97.6 Å². The predicted molar refractivity (Wildman–Crippen MR) is 158 cm³/mol. The Kier molecular flexibility index (Phi) is 19.5. The van der Waals surface area contributed by atoms with Crippen molar-refractivity contribution in [2.75, 3.05) is 6.61 Å². The topological polar surface area (TPSA) is 43.4 Å². The van der Waals surface area contributed by atoms with E-state index >= 15 is 0 Å². The molecular formula is C32H47ClF4O3. The molecule has 0 amide bonds. The molecule has 1 aromatic rings. The van der Waals surface area contributed by atoms with Crippen LogP contribution in [0.25, 0.3) is 0 Å². The summed E-state index contributed by atoms with van der Waals surface area (Å²) in [6.07, 6.45) is 4.23. The first-order chi connectivity index (χ1) is 18.3. The van der Waals surface area contributed by atoms with Gasteiger partial charge >= 0.3 is 12.1 Å². The number of halogens is 5. The van der Waals surface area contributed by atoms with Gasteiger partial charge in [0.1, 0.15) is 18.2 Å². The average molecular weight is 591 g/mol. The Balaban J connectivity index is 0. The summed E-state index contributed by atoms with van der Waals surface area (Å²) in [5.74, 6) is -0.0204. The van der Waals surface area contributed by atoms with Crippen molar-refractivity contribution in [1.29, 1.82) is 0 Å². The normalized spacial score (nSPS) is 14.5. The molecule has 0 saturated heterocycles. The summed E-state index contributed by atoms with van der Waals surface area (Å²) in [6.45, 7) is 20.9. The van der Waals surface area contributed by atoms with Crippen molar-refractivity contribution in [3.05, 3.63) is 70.1 Å². The number of esters is 1. The van der Waals surface area contributed by atoms with E-state index in [1.165, 1.54) is 25.8 Å². The molecule has 228 valence electrons. The molecule has 0 atom stereocenters. The highest BCUT2D eigenvalue weighted by atomic mass is 35.5. The molecule has 0 radical (unpaired) electrons. The van der Waals surface area contributed by atoms with Gasteiger partial charge in [0.05, 0.1) is 5.41 Å². The summed E-state index contributed by atoms with van der Waals surface area (Å²) >= 11 is 5.65. The lowest BCUT2D eigenvalue weighted by molar-refractivity contribution is -0.154. The van der Waals surface area contributed by atoms with Gasteiger partial charge in [0.25, 0.3) is 0 Å². The maximum Gasteiger partial charge on any atom is 0.412 e. The standard InChI is InChI=1S/C13H22O2.C8H8ClF.C7H9F3.C4H8O/c1-11(2)10-15-12(14)13(3)8-6-4-5-7-9-13;1-5-3-6(2)8(10)4-7(5)9;1-5(2)4-6(3)7(8,9)10;1-3-4(2)5/h1,4-10H2,2-3H3;3-4H,1-2H3;4H,1H2,2-3H3;3H2,1-2H3/b;;6-4+;. The van der Waals surface area contributed by atoms with Crippen molar-refractivity contribution in [2.24, 2.45) is 5.41 Å². The fourth-order valence-electron chi connectivity index (χ4n) is 3.33. The average Bonchev–Trinajstić information content (AvgIpc) is 3.07. The molecule has 0 heterocycles. The number of aryl methyl sites for hydroxylation is 2. The minimum atomic E-state index is -4.21. The lowest BCUT2D eigenvalue weighted by Crippen LogP contribution is -2.29. The fraction of sp³-hybridized carbons (Fsp3) is 0.562. The van der Waals surface area contributed by atoms with E-state index in [0.717, 1.165) is 49.8 Å². The number of hydrogen-bond acceptors (Lipinski definition) is 3. The summed E-state index contributed by atoms with van der Waals surface area (Å²) in [5, 5.41) is 0.489. The Morgan fingerprint density at radius 3 is 1.80 bits per heavy atom. The monoisotopic (exact) mass is 590 g/mol. The van der Waals surface area contributed by atoms with Gasteiger partial charge in [-0.2, -0.15) is 13.2 Å². The molecule has 8 heteroatoms. The van der Waals surface area contributed by atoms with Gasteiger partial charge in [-0.3, -0.25) is 4.79 Å². The molecule has 0 aliphatic heterocycles. The zero-order chi connectivity index (χ0) is 31.7. The van der Waals surface area contributed by atoms with E-state index in [-0.39, 0.29) is 23.0 Å². The van der Waals surface area contributed by atoms with Crippen molar-refractivity contribution < 1.29 is 31.9 Å². The predicted octanol–water partition coefficient (Wildman–Crippen LogP) is 10.6. The van der Waals surface area contributed by atoms with Gasteiger partial charge in [0.2, 0.25) is 0 Å². The minimum absolute atomic E-state index is 0.0348. The van der Waals surface area contributed by atoms with E-state index in [9.17, 15) is 27.2 Å². The molecule has 1 aliphatic rings. The number of ether oxygens (including phenoxy) is 1. The fourth-order valence-corrected chi connectivity index (χ4v) is 3.48. The van der Waals surface area contributed by atoms with Crippen LogP contribution < -0.4 is 0 Å². The third-order valence-corrected chi connectivity index (χ3v) is 6.40. The largest absolute Gasteiger partial charge is 0.461 e. The summed E-state index contributed by atoms with van der Waals surface area (Å²) < 4.78 is 53.0. The number of alkyl halides is 3. The summed E-state index contributed by atoms with van der Waals surface area (Å²) in [7, 11) is 0. The Hall–Kier alpha value is -2.41. The molecule has 3 nitrogen and oxygen atoms in total. The van der Waals surface area contributed by atoms with Gasteiger partial charge in [-0.05, 0) is 84.1 Å². The molecule has 0 unspecified atom stereocenters. The van der Waals surface area contributed by atoms with Gasteiger partial charge < -0.3 is 9.53 Å². The van der Waals surface area contributed by atoms with E-state index in [1.807, 2.05) is 27.7 Å². The van der Waals surface area contributed by atoms with Gasteiger partial charge in [-0.15, -0.1) is 0 Å². The van der Waals surface area contributed by atoms with Crippen LogP contribution in [0.2, 0.25) is 5.02 Å². The summed E-state index contributed by atoms with van der Waals surface area (Å²) in [5.41, 5.74) is 2.02. The molecule has 0 N–H and O–H groups in total. The van der Waals surface area contributed by atoms with Crippen molar-refractivity contribution >= 4 is 23.4 Å². The molecule has 1 aliphatic carbocycles. The highest BCUT2D eigenvalue weighted by Crippen LogP contribution is 2.35. The Bertz CT molecular complexity index is 952. The quantitative estimate of drug-likeness (QED) is 0.113. The van der Waals surface area contributed by atoms with Crippen LogP contribution in [0.3, 0.4) is 0 Å². The number of hydrogen-bond donors (Lipinski definition) is 0. The highest BCUT2D eigenvalue weighted by molar-refractivity contribution is 6.31. The molecule has 40 heavy (non-hydrogen) atoms. The number of carbonyl (C=O) groups is 2. The lowest BCUT2D eigenvalue weighted by atomic mass is 9.83. The Morgan fingerprint density at radius 2 is 1.48 bits per heavy atom. The van der Waals surface area contributed by atoms with Crippen molar-refractivity contribution in [3.63, 3.8) is 0 Å². The maximum absolute atomic E-state index is 12.7. The number of allylic oxidation sites excluding steroid dienone is 3. The second kappa shape index (κ2) is 19.6. The molecule has 1 saturated carbocycles. The third kappa shape index (κ3) is 18.8. The van der Waals surface area contributed by atoms with E-state index in [1.54, 1.807) is 19.9 Å². The number of carbonyl (C=O) groups excluding carboxylic acids is 2. The molecule has 0 aromatic heterocycles. The van der Waals surface area contributed by atoms with Gasteiger partial charge in [0.15, 0.2) is 0 Å². The van der Waals surface area contributed by atoms with Crippen LogP contribution >= 0.6 is 11.6 Å². The highest BCUT2D eigenvalue weighted by Gasteiger charge is 2.35. The number of ketones is 1. The van der Waals surface area contributed by atoms with Crippen LogP contribution in [0.4, 0.5) is 17.6 Å². The molecular weight excluding hydrogens is 544 g/mol. The first kappa shape index (κ1) is 39.7. The number of Topliss-reactive ketones (excluding diaryl/α,β-unsaturated/α-hetero) is 1. The molecule has 1 aromatic carbocycles. The first-order valence-corrected chi connectivity index (χ1v) is 13.8. The van der Waals surface area contributed by atoms with Crippen LogP contribution in [0, 0.1) is 25.1 Å². The first-order valence-electron chi connectivity index (χ1n) is 13.4. The summed E-state index contributed by atoms with van der Waals surface area (Å²) in [6, 6.07) is 3.07. The van der Waals surface area contributed by atoms with Crippen LogP contribution in [-0.2, 0) is 14.3 Å². The second-order valence-electron chi connectivity index (χ2n) is 10.6. The van der Waals surface area contributed by atoms with Crippen molar-refractivity contribution in [2.45, 2.75) is 107 Å². The number of rotatable bonds is 5. The van der Waals surface area contributed by atoms with E-state index in [4.69, 9.17) is 16.3 Å². The van der Waals surface area contributed by atoms with Gasteiger partial charge in [0, 0.05) is 17.0 Å².